The molecule has 3 unspecified atom stereocenters. The van der Waals surface area contributed by atoms with Gasteiger partial charge in [0.25, 0.3) is 0 Å². The van der Waals surface area contributed by atoms with Crippen molar-refractivity contribution in [2.75, 3.05) is 6.54 Å². The van der Waals surface area contributed by atoms with Gasteiger partial charge >= 0.3 is 5.97 Å². The first-order valence-electron chi connectivity index (χ1n) is 7.04. The lowest BCUT2D eigenvalue weighted by molar-refractivity contribution is -0.148. The van der Waals surface area contributed by atoms with Gasteiger partial charge in [-0.1, -0.05) is 12.2 Å². The third kappa shape index (κ3) is 2.19. The second-order valence-electron chi connectivity index (χ2n) is 5.89. The van der Waals surface area contributed by atoms with Gasteiger partial charge in [0, 0.05) is 19.0 Å². The Morgan fingerprint density at radius 3 is 2.55 bits per heavy atom. The van der Waals surface area contributed by atoms with Crippen molar-refractivity contribution in [1.29, 1.82) is 0 Å². The van der Waals surface area contributed by atoms with Gasteiger partial charge in [-0.05, 0) is 24.7 Å². The number of nitrogens with one attached hydrogen (secondary N) is 2. The normalized spacial score (nSPS) is 38.6. The molecule has 6 heteroatoms. The molecule has 1 saturated carbocycles. The van der Waals surface area contributed by atoms with Gasteiger partial charge in [0.2, 0.25) is 11.8 Å². The fraction of sp³-hybridized carbons (Fsp3) is 0.643. The molecule has 2 amide bonds. The van der Waals surface area contributed by atoms with Crippen LogP contribution in [0.25, 0.3) is 0 Å². The molecule has 1 aliphatic heterocycles. The molecule has 1 heterocycles. The molecule has 0 aromatic carbocycles. The second kappa shape index (κ2) is 4.92. The summed E-state index contributed by atoms with van der Waals surface area (Å²) in [5.74, 6) is -2.13. The minimum Gasteiger partial charge on any atom is -0.481 e. The maximum absolute atomic E-state index is 12.4. The van der Waals surface area contributed by atoms with Crippen molar-refractivity contribution < 1.29 is 19.5 Å². The Morgan fingerprint density at radius 2 is 1.95 bits per heavy atom. The molecule has 5 atom stereocenters. The zero-order valence-electron chi connectivity index (χ0n) is 11.0. The average molecular weight is 278 g/mol. The highest BCUT2D eigenvalue weighted by Gasteiger charge is 2.51. The van der Waals surface area contributed by atoms with E-state index in [4.69, 9.17) is 0 Å². The Bertz CT molecular complexity index is 478. The zero-order chi connectivity index (χ0) is 14.3. The van der Waals surface area contributed by atoms with Crippen LogP contribution < -0.4 is 10.6 Å². The lowest BCUT2D eigenvalue weighted by Crippen LogP contribution is -2.51. The third-order valence-electron chi connectivity index (χ3n) is 4.66. The number of fused-ring (bicyclic) bond motifs is 2. The number of carbonyl (C=O) groups is 3. The minimum atomic E-state index is -0.890. The molecule has 2 aliphatic carbocycles. The van der Waals surface area contributed by atoms with Crippen LogP contribution in [0.5, 0.6) is 0 Å². The molecular weight excluding hydrogens is 260 g/mol. The lowest BCUT2D eigenvalue weighted by Gasteiger charge is -2.28. The molecule has 0 aromatic heterocycles. The highest BCUT2D eigenvalue weighted by molar-refractivity contribution is 5.87. The van der Waals surface area contributed by atoms with Gasteiger partial charge in [0.1, 0.15) is 0 Å². The molecule has 0 radical (unpaired) electrons. The van der Waals surface area contributed by atoms with E-state index in [2.05, 4.69) is 10.6 Å². The van der Waals surface area contributed by atoms with Crippen LogP contribution in [0.15, 0.2) is 12.2 Å². The zero-order valence-corrected chi connectivity index (χ0v) is 11.0. The molecular formula is C14H18N2O4. The summed E-state index contributed by atoms with van der Waals surface area (Å²) in [4.78, 5) is 34.8. The standard InChI is InChI=1S/C14H18N2O4/c17-10-4-3-9(6-15-10)16-13(18)11-7-1-2-8(5-7)12(11)14(19)20/h1-2,7-9,11-12H,3-6H2,(H,15,17)(H,16,18)(H,19,20)/t7?,8?,9?,11-,12+/m0/s1. The first-order chi connectivity index (χ1) is 9.56. The molecule has 2 bridgehead atoms. The number of amides is 2. The topological polar surface area (TPSA) is 95.5 Å². The van der Waals surface area contributed by atoms with Crippen molar-refractivity contribution in [3.05, 3.63) is 12.2 Å². The summed E-state index contributed by atoms with van der Waals surface area (Å²) in [6, 6.07) is -0.0854. The van der Waals surface area contributed by atoms with Gasteiger partial charge in [-0.25, -0.2) is 0 Å². The number of carbonyl (C=O) groups excluding carboxylic acids is 2. The van der Waals surface area contributed by atoms with Gasteiger partial charge in [0.05, 0.1) is 11.8 Å². The average Bonchev–Trinajstić information content (AvgIpc) is 3.01. The summed E-state index contributed by atoms with van der Waals surface area (Å²) < 4.78 is 0. The van der Waals surface area contributed by atoms with Crippen LogP contribution in [0.2, 0.25) is 0 Å². The summed E-state index contributed by atoms with van der Waals surface area (Å²) in [7, 11) is 0. The predicted octanol–water partition coefficient (Wildman–Crippen LogP) is -0.0959. The second-order valence-corrected chi connectivity index (χ2v) is 5.89. The summed E-state index contributed by atoms with van der Waals surface area (Å²) in [6.45, 7) is 0.430. The maximum atomic E-state index is 12.4. The van der Waals surface area contributed by atoms with Crippen LogP contribution >= 0.6 is 0 Å². The van der Waals surface area contributed by atoms with Gasteiger partial charge < -0.3 is 15.7 Å². The molecule has 20 heavy (non-hydrogen) atoms. The highest BCUT2D eigenvalue weighted by atomic mass is 16.4. The summed E-state index contributed by atoms with van der Waals surface area (Å²) >= 11 is 0. The SMILES string of the molecule is O=C1CCC(NC(=O)[C@H]2C3C=CC(C3)[C@H]2C(=O)O)CN1. The predicted molar refractivity (Wildman–Crippen MR) is 69.5 cm³/mol. The fourth-order valence-electron chi connectivity index (χ4n) is 3.67. The van der Waals surface area contributed by atoms with Crippen LogP contribution in [-0.2, 0) is 14.4 Å². The smallest absolute Gasteiger partial charge is 0.307 e. The van der Waals surface area contributed by atoms with E-state index in [1.807, 2.05) is 12.2 Å². The Hall–Kier alpha value is -1.85. The first-order valence-corrected chi connectivity index (χ1v) is 7.04. The molecule has 6 nitrogen and oxygen atoms in total. The Balaban J connectivity index is 1.66. The number of allylic oxidation sites excluding steroid dienone is 2. The number of piperidine rings is 1. The summed E-state index contributed by atoms with van der Waals surface area (Å²) in [5.41, 5.74) is 0. The van der Waals surface area contributed by atoms with E-state index < -0.39 is 17.8 Å². The van der Waals surface area contributed by atoms with Gasteiger partial charge in [0.15, 0.2) is 0 Å². The number of hydrogen-bond acceptors (Lipinski definition) is 3. The van der Waals surface area contributed by atoms with Crippen molar-refractivity contribution >= 4 is 17.8 Å². The quantitative estimate of drug-likeness (QED) is 0.628. The van der Waals surface area contributed by atoms with Crippen LogP contribution in [0.3, 0.4) is 0 Å². The van der Waals surface area contributed by atoms with Crippen LogP contribution in [0.4, 0.5) is 0 Å². The van der Waals surface area contributed by atoms with Crippen LogP contribution in [-0.4, -0.2) is 35.5 Å². The Kier molecular flexibility index (Phi) is 3.23. The van der Waals surface area contributed by atoms with E-state index in [1.54, 1.807) is 0 Å². The maximum Gasteiger partial charge on any atom is 0.307 e. The van der Waals surface area contributed by atoms with E-state index in [0.717, 1.165) is 6.42 Å². The van der Waals surface area contributed by atoms with Crippen molar-refractivity contribution in [2.24, 2.45) is 23.7 Å². The van der Waals surface area contributed by atoms with Crippen LogP contribution in [0, 0.1) is 23.7 Å². The van der Waals surface area contributed by atoms with Crippen molar-refractivity contribution in [2.45, 2.75) is 25.3 Å². The molecule has 2 fully saturated rings. The Labute approximate surface area is 116 Å². The van der Waals surface area contributed by atoms with Gasteiger partial charge in [-0.15, -0.1) is 0 Å². The number of carboxylic acids is 1. The summed E-state index contributed by atoms with van der Waals surface area (Å²) in [6.07, 6.45) is 5.68. The Morgan fingerprint density at radius 1 is 1.25 bits per heavy atom. The van der Waals surface area contributed by atoms with Crippen molar-refractivity contribution in [1.82, 2.24) is 10.6 Å². The van der Waals surface area contributed by atoms with E-state index >= 15 is 0 Å². The van der Waals surface area contributed by atoms with E-state index in [0.29, 0.717) is 19.4 Å². The van der Waals surface area contributed by atoms with Gasteiger partial charge in [-0.2, -0.15) is 0 Å². The number of rotatable bonds is 3. The molecule has 0 aromatic rings. The third-order valence-corrected chi connectivity index (χ3v) is 4.66. The van der Waals surface area contributed by atoms with Crippen molar-refractivity contribution in [3.63, 3.8) is 0 Å². The van der Waals surface area contributed by atoms with Crippen molar-refractivity contribution in [3.8, 4) is 0 Å². The lowest BCUT2D eigenvalue weighted by atomic mass is 9.82. The number of hydrogen-bond donors (Lipinski definition) is 3. The highest BCUT2D eigenvalue weighted by Crippen LogP contribution is 2.48. The minimum absolute atomic E-state index is 0.00164. The monoisotopic (exact) mass is 278 g/mol. The molecule has 3 rings (SSSR count). The molecule has 3 aliphatic rings. The fourth-order valence-corrected chi connectivity index (χ4v) is 3.67. The van der Waals surface area contributed by atoms with E-state index in [-0.39, 0.29) is 29.7 Å². The summed E-state index contributed by atoms with van der Waals surface area (Å²) in [5, 5.41) is 14.9. The first kappa shape index (κ1) is 13.1. The van der Waals surface area contributed by atoms with Crippen LogP contribution in [0.1, 0.15) is 19.3 Å². The molecule has 1 saturated heterocycles. The number of aliphatic carboxylic acids is 1. The van der Waals surface area contributed by atoms with E-state index in [9.17, 15) is 19.5 Å². The largest absolute Gasteiger partial charge is 0.481 e. The van der Waals surface area contributed by atoms with E-state index in [1.165, 1.54) is 0 Å². The molecule has 108 valence electrons. The molecule has 3 N–H and O–H groups in total. The molecule has 0 spiro atoms. The number of carboxylic acid groups (broad SMARTS) is 1. The van der Waals surface area contributed by atoms with Gasteiger partial charge in [-0.3, -0.25) is 14.4 Å².